The first-order valence-corrected chi connectivity index (χ1v) is 14.7. The Labute approximate surface area is 260 Å². The van der Waals surface area contributed by atoms with Crippen LogP contribution in [0.15, 0.2) is 81.7 Å². The lowest BCUT2D eigenvalue weighted by atomic mass is 9.95. The molecular formula is C32H27N3O9S. The lowest BCUT2D eigenvalue weighted by molar-refractivity contribution is -0.385. The fourth-order valence-corrected chi connectivity index (χ4v) is 6.22. The van der Waals surface area contributed by atoms with Gasteiger partial charge in [-0.2, -0.15) is 0 Å². The highest BCUT2D eigenvalue weighted by Gasteiger charge is 2.34. The maximum absolute atomic E-state index is 14.1. The Hall–Kier alpha value is -5.43. The number of thiazole rings is 1. The highest BCUT2D eigenvalue weighted by molar-refractivity contribution is 7.07. The molecule has 3 heterocycles. The number of allylic oxidation sites excluding steroid dienone is 1. The number of benzene rings is 3. The summed E-state index contributed by atoms with van der Waals surface area (Å²) in [6.07, 6.45) is 1.42. The van der Waals surface area contributed by atoms with E-state index in [4.69, 9.17) is 23.7 Å². The minimum atomic E-state index is -0.893. The van der Waals surface area contributed by atoms with Gasteiger partial charge in [-0.25, -0.2) is 9.79 Å². The highest BCUT2D eigenvalue weighted by atomic mass is 32.1. The van der Waals surface area contributed by atoms with Crippen molar-refractivity contribution < 1.29 is 33.4 Å². The van der Waals surface area contributed by atoms with Crippen LogP contribution in [-0.2, 0) is 16.1 Å². The van der Waals surface area contributed by atoms with Gasteiger partial charge in [0.1, 0.15) is 6.61 Å². The summed E-state index contributed by atoms with van der Waals surface area (Å²) < 4.78 is 29.3. The molecule has 0 saturated carbocycles. The van der Waals surface area contributed by atoms with E-state index in [1.54, 1.807) is 32.0 Å². The Balaban J connectivity index is 1.47. The standard InChI is InChI=1S/C32H27N3O9S/c1-4-41-31(37)28-18(2)33-32-34(29(28)20-10-11-23-25(12-20)44-17-43-23)30(36)27(45-32)14-21-13-24(40-3)26(15-22(21)35(38)39)42-16-19-8-6-5-7-9-19/h5-15,29H,4,16-17H2,1-3H3/b27-14-/t29-/m1/s1. The molecule has 3 aromatic carbocycles. The Morgan fingerprint density at radius 3 is 2.64 bits per heavy atom. The molecule has 0 saturated heterocycles. The molecular weight excluding hydrogens is 602 g/mol. The van der Waals surface area contributed by atoms with Gasteiger partial charge in [-0.3, -0.25) is 19.5 Å². The van der Waals surface area contributed by atoms with Crippen molar-refractivity contribution in [3.05, 3.63) is 118 Å². The van der Waals surface area contributed by atoms with Gasteiger partial charge in [0.15, 0.2) is 27.8 Å². The summed E-state index contributed by atoms with van der Waals surface area (Å²) in [5.41, 5.74) is 1.40. The SMILES string of the molecule is CCOC(=O)C1=C(C)N=c2s/c(=C\c3cc(OC)c(OCc4ccccc4)cc3[N+](=O)[O-])c(=O)n2[C@@H]1c1ccc2c(c1)OCO2. The molecule has 0 amide bonds. The number of methoxy groups -OCH3 is 1. The number of carbonyl (C=O) groups is 1. The number of fused-ring (bicyclic) bond motifs is 2. The Morgan fingerprint density at radius 2 is 1.91 bits per heavy atom. The summed E-state index contributed by atoms with van der Waals surface area (Å²) in [6.45, 7) is 3.73. The van der Waals surface area contributed by atoms with E-state index in [2.05, 4.69) is 4.99 Å². The van der Waals surface area contributed by atoms with Gasteiger partial charge in [0, 0.05) is 0 Å². The van der Waals surface area contributed by atoms with Crippen molar-refractivity contribution in [1.82, 2.24) is 4.57 Å². The molecule has 6 rings (SSSR count). The van der Waals surface area contributed by atoms with Crippen molar-refractivity contribution >= 4 is 29.1 Å². The summed E-state index contributed by atoms with van der Waals surface area (Å²) >= 11 is 1.05. The monoisotopic (exact) mass is 629 g/mol. The summed E-state index contributed by atoms with van der Waals surface area (Å²) in [5.74, 6) is 0.854. The first-order valence-electron chi connectivity index (χ1n) is 13.9. The van der Waals surface area contributed by atoms with Crippen molar-refractivity contribution in [3.63, 3.8) is 0 Å². The smallest absolute Gasteiger partial charge is 0.338 e. The van der Waals surface area contributed by atoms with Gasteiger partial charge >= 0.3 is 5.97 Å². The number of ether oxygens (including phenoxy) is 5. The lowest BCUT2D eigenvalue weighted by Crippen LogP contribution is -2.39. The van der Waals surface area contributed by atoms with Crippen molar-refractivity contribution in [2.75, 3.05) is 20.5 Å². The number of hydrogen-bond donors (Lipinski definition) is 0. The topological polar surface area (TPSA) is 141 Å². The van der Waals surface area contributed by atoms with E-state index in [1.165, 1.54) is 29.9 Å². The van der Waals surface area contributed by atoms with E-state index in [1.807, 2.05) is 30.3 Å². The number of carbonyl (C=O) groups excluding carboxylic acids is 1. The maximum Gasteiger partial charge on any atom is 0.338 e. The Morgan fingerprint density at radius 1 is 1.13 bits per heavy atom. The molecule has 45 heavy (non-hydrogen) atoms. The van der Waals surface area contributed by atoms with Gasteiger partial charge < -0.3 is 23.7 Å². The maximum atomic E-state index is 14.1. The second-order valence-electron chi connectivity index (χ2n) is 10.0. The van der Waals surface area contributed by atoms with Crippen LogP contribution in [0.4, 0.5) is 5.69 Å². The van der Waals surface area contributed by atoms with Crippen LogP contribution >= 0.6 is 11.3 Å². The summed E-state index contributed by atoms with van der Waals surface area (Å²) in [4.78, 5) is 43.8. The van der Waals surface area contributed by atoms with E-state index in [0.717, 1.165) is 16.9 Å². The van der Waals surface area contributed by atoms with Crippen molar-refractivity contribution in [1.29, 1.82) is 0 Å². The number of nitrogens with zero attached hydrogens (tertiary/aromatic N) is 3. The third kappa shape index (κ3) is 5.65. The zero-order valence-electron chi connectivity index (χ0n) is 24.5. The average Bonchev–Trinajstić information content (AvgIpc) is 3.63. The van der Waals surface area contributed by atoms with E-state index in [9.17, 15) is 19.7 Å². The van der Waals surface area contributed by atoms with Gasteiger partial charge in [0.25, 0.3) is 11.2 Å². The fraction of sp³-hybridized carbons (Fsp3) is 0.219. The quantitative estimate of drug-likeness (QED) is 0.153. The molecule has 0 radical (unpaired) electrons. The minimum Gasteiger partial charge on any atom is -0.493 e. The Kier molecular flexibility index (Phi) is 8.09. The molecule has 0 unspecified atom stereocenters. The number of rotatable bonds is 9. The molecule has 1 aromatic heterocycles. The van der Waals surface area contributed by atoms with Gasteiger partial charge in [-0.15, -0.1) is 0 Å². The molecule has 12 nitrogen and oxygen atoms in total. The molecule has 230 valence electrons. The van der Waals surface area contributed by atoms with Crippen LogP contribution in [0.2, 0.25) is 0 Å². The number of aromatic nitrogens is 1. The van der Waals surface area contributed by atoms with Crippen molar-refractivity contribution in [2.24, 2.45) is 4.99 Å². The third-order valence-corrected chi connectivity index (χ3v) is 8.25. The van der Waals surface area contributed by atoms with E-state index < -0.39 is 22.5 Å². The Bertz CT molecular complexity index is 2030. The van der Waals surface area contributed by atoms with Crippen LogP contribution in [0.3, 0.4) is 0 Å². The largest absolute Gasteiger partial charge is 0.493 e. The van der Waals surface area contributed by atoms with Gasteiger partial charge in [0.05, 0.1) is 52.1 Å². The molecule has 2 aliphatic rings. The first kappa shape index (κ1) is 29.6. The van der Waals surface area contributed by atoms with Crippen LogP contribution in [0.25, 0.3) is 6.08 Å². The van der Waals surface area contributed by atoms with Crippen LogP contribution in [-0.4, -0.2) is 36.0 Å². The first-order chi connectivity index (χ1) is 21.8. The van der Waals surface area contributed by atoms with Crippen molar-refractivity contribution in [3.8, 4) is 23.0 Å². The minimum absolute atomic E-state index is 0.0550. The molecule has 0 N–H and O–H groups in total. The highest BCUT2D eigenvalue weighted by Crippen LogP contribution is 2.39. The molecule has 4 aromatic rings. The van der Waals surface area contributed by atoms with E-state index in [0.29, 0.717) is 27.6 Å². The molecule has 0 spiro atoms. The summed E-state index contributed by atoms with van der Waals surface area (Å²) in [6, 6.07) is 16.4. The predicted molar refractivity (Wildman–Crippen MR) is 163 cm³/mol. The second-order valence-corrected chi connectivity index (χ2v) is 11.0. The number of nitro benzene ring substituents is 1. The van der Waals surface area contributed by atoms with Gasteiger partial charge in [-0.1, -0.05) is 47.7 Å². The molecule has 2 aliphatic heterocycles. The fourth-order valence-electron chi connectivity index (χ4n) is 5.18. The number of esters is 1. The number of hydrogen-bond acceptors (Lipinski definition) is 11. The zero-order valence-corrected chi connectivity index (χ0v) is 25.3. The third-order valence-electron chi connectivity index (χ3n) is 7.26. The molecule has 1 atom stereocenters. The predicted octanol–water partition coefficient (Wildman–Crippen LogP) is 4.02. The molecule has 0 fully saturated rings. The molecule has 13 heteroatoms. The second kappa shape index (κ2) is 12.3. The van der Waals surface area contributed by atoms with Crippen LogP contribution < -0.4 is 33.8 Å². The van der Waals surface area contributed by atoms with E-state index in [-0.39, 0.29) is 52.9 Å². The summed E-state index contributed by atoms with van der Waals surface area (Å²) in [5, 5.41) is 12.2. The van der Waals surface area contributed by atoms with Crippen molar-refractivity contribution in [2.45, 2.75) is 26.5 Å². The number of nitro groups is 1. The van der Waals surface area contributed by atoms with Gasteiger partial charge in [-0.05, 0) is 49.2 Å². The van der Waals surface area contributed by atoms with Crippen LogP contribution in [0, 0.1) is 10.1 Å². The van der Waals surface area contributed by atoms with E-state index >= 15 is 0 Å². The zero-order chi connectivity index (χ0) is 31.7. The normalized spacial score (nSPS) is 15.4. The van der Waals surface area contributed by atoms with Crippen LogP contribution in [0.1, 0.15) is 36.6 Å². The summed E-state index contributed by atoms with van der Waals surface area (Å²) in [7, 11) is 1.43. The molecule has 0 bridgehead atoms. The lowest BCUT2D eigenvalue weighted by Gasteiger charge is -2.24. The molecule has 0 aliphatic carbocycles. The van der Waals surface area contributed by atoms with Gasteiger partial charge in [0.2, 0.25) is 6.79 Å². The van der Waals surface area contributed by atoms with Crippen LogP contribution in [0.5, 0.6) is 23.0 Å². The average molecular weight is 630 g/mol.